The predicted molar refractivity (Wildman–Crippen MR) is 85.2 cm³/mol. The lowest BCUT2D eigenvalue weighted by Gasteiger charge is -2.36. The van der Waals surface area contributed by atoms with Crippen LogP contribution in [0.15, 0.2) is 24.3 Å². The molecule has 21 heavy (non-hydrogen) atoms. The van der Waals surface area contributed by atoms with Crippen LogP contribution in [-0.2, 0) is 4.74 Å². The zero-order valence-corrected chi connectivity index (χ0v) is 12.8. The van der Waals surface area contributed by atoms with Crippen LogP contribution in [0.3, 0.4) is 0 Å². The van der Waals surface area contributed by atoms with Crippen LogP contribution < -0.4 is 16.4 Å². The van der Waals surface area contributed by atoms with Gasteiger partial charge in [0.15, 0.2) is 0 Å². The molecule has 0 radical (unpaired) electrons. The van der Waals surface area contributed by atoms with Crippen molar-refractivity contribution >= 4 is 17.5 Å². The Bertz CT molecular complexity index is 477. The molecule has 5 nitrogen and oxygen atoms in total. The molecule has 1 amide bonds. The number of nitrogens with zero attached hydrogens (tertiary/aromatic N) is 1. The molecule has 1 saturated heterocycles. The van der Waals surface area contributed by atoms with Gasteiger partial charge in [-0.2, -0.15) is 0 Å². The summed E-state index contributed by atoms with van der Waals surface area (Å²) in [4.78, 5) is 13.3. The van der Waals surface area contributed by atoms with Crippen molar-refractivity contribution in [3.8, 4) is 0 Å². The lowest BCUT2D eigenvalue weighted by Crippen LogP contribution is -2.38. The van der Waals surface area contributed by atoms with Gasteiger partial charge in [0.25, 0.3) is 0 Å². The molecular formula is C16H25N3O2. The third-order valence-corrected chi connectivity index (χ3v) is 4.03. The van der Waals surface area contributed by atoms with Crippen LogP contribution in [0.2, 0.25) is 0 Å². The number of ether oxygens (including phenoxy) is 1. The second-order valence-corrected chi connectivity index (χ2v) is 6.41. The molecule has 116 valence electrons. The number of anilines is 2. The van der Waals surface area contributed by atoms with Crippen molar-refractivity contribution in [2.45, 2.75) is 38.7 Å². The van der Waals surface area contributed by atoms with E-state index in [1.165, 1.54) is 5.69 Å². The summed E-state index contributed by atoms with van der Waals surface area (Å²) in [6.45, 7) is 5.87. The van der Waals surface area contributed by atoms with Crippen LogP contribution in [0.5, 0.6) is 0 Å². The van der Waals surface area contributed by atoms with Gasteiger partial charge in [0.05, 0.1) is 0 Å². The van der Waals surface area contributed by atoms with Gasteiger partial charge < -0.3 is 21.1 Å². The molecule has 1 aliphatic rings. The van der Waals surface area contributed by atoms with E-state index >= 15 is 0 Å². The fraction of sp³-hybridized carbons (Fsp3) is 0.562. The van der Waals surface area contributed by atoms with Gasteiger partial charge in [-0.15, -0.1) is 0 Å². The van der Waals surface area contributed by atoms with Crippen molar-refractivity contribution < 1.29 is 9.53 Å². The zero-order chi connectivity index (χ0) is 15.5. The first kappa shape index (κ1) is 15.5. The number of carbonyl (C=O) groups excluding carboxylic acids is 1. The second kappa shape index (κ2) is 6.24. The van der Waals surface area contributed by atoms with Crippen molar-refractivity contribution in [3.05, 3.63) is 24.3 Å². The highest BCUT2D eigenvalue weighted by Crippen LogP contribution is 2.30. The quantitative estimate of drug-likeness (QED) is 0.836. The minimum Gasteiger partial charge on any atom is -0.444 e. The van der Waals surface area contributed by atoms with Gasteiger partial charge in [0.2, 0.25) is 0 Å². The maximum atomic E-state index is 10.9. The summed E-state index contributed by atoms with van der Waals surface area (Å²) in [5, 5.41) is 0. The average molecular weight is 291 g/mol. The van der Waals surface area contributed by atoms with Gasteiger partial charge in [-0.25, -0.2) is 4.79 Å². The number of amides is 1. The third kappa shape index (κ3) is 4.55. The number of benzene rings is 1. The van der Waals surface area contributed by atoms with Crippen LogP contribution in [0, 0.1) is 5.92 Å². The van der Waals surface area contributed by atoms with Crippen LogP contribution in [0.1, 0.15) is 33.1 Å². The molecule has 0 bridgehead atoms. The minimum atomic E-state index is -0.695. The number of rotatable bonds is 4. The highest BCUT2D eigenvalue weighted by Gasteiger charge is 2.29. The SMILES string of the molecule is CC(C)(CC1CCN(c2ccc(N)cc2)CC1)OC(N)=O. The molecule has 1 heterocycles. The Balaban J connectivity index is 1.85. The number of primary amides is 1. The van der Waals surface area contributed by atoms with Gasteiger partial charge in [-0.05, 0) is 63.3 Å². The van der Waals surface area contributed by atoms with Crippen LogP contribution in [0.25, 0.3) is 0 Å². The van der Waals surface area contributed by atoms with Crippen molar-refractivity contribution in [1.82, 2.24) is 0 Å². The third-order valence-electron chi connectivity index (χ3n) is 4.03. The van der Waals surface area contributed by atoms with Crippen molar-refractivity contribution in [2.24, 2.45) is 11.7 Å². The maximum Gasteiger partial charge on any atom is 0.405 e. The van der Waals surface area contributed by atoms with Crippen molar-refractivity contribution in [1.29, 1.82) is 0 Å². The first-order valence-electron chi connectivity index (χ1n) is 7.45. The normalized spacial score (nSPS) is 16.8. The lowest BCUT2D eigenvalue weighted by molar-refractivity contribution is 0.0236. The Hall–Kier alpha value is -1.91. The molecule has 0 atom stereocenters. The minimum absolute atomic E-state index is 0.486. The Morgan fingerprint density at radius 3 is 2.38 bits per heavy atom. The standard InChI is InChI=1S/C16H25N3O2/c1-16(2,21-15(18)20)11-12-7-9-19(10-8-12)14-5-3-13(17)4-6-14/h3-6,12H,7-11,17H2,1-2H3,(H2,18,20). The molecular weight excluding hydrogens is 266 g/mol. The fourth-order valence-corrected chi connectivity index (χ4v) is 3.09. The maximum absolute atomic E-state index is 10.9. The molecule has 0 spiro atoms. The van der Waals surface area contributed by atoms with E-state index in [0.717, 1.165) is 38.0 Å². The summed E-state index contributed by atoms with van der Waals surface area (Å²) in [5.41, 5.74) is 12.4. The second-order valence-electron chi connectivity index (χ2n) is 6.41. The van der Waals surface area contributed by atoms with Crippen LogP contribution in [-0.4, -0.2) is 24.8 Å². The molecule has 0 unspecified atom stereocenters. The fourth-order valence-electron chi connectivity index (χ4n) is 3.09. The van der Waals surface area contributed by atoms with Gasteiger partial charge in [0, 0.05) is 24.5 Å². The molecule has 1 aromatic rings. The largest absolute Gasteiger partial charge is 0.444 e. The zero-order valence-electron chi connectivity index (χ0n) is 12.8. The number of nitrogens with two attached hydrogens (primary N) is 2. The van der Waals surface area contributed by atoms with E-state index in [4.69, 9.17) is 16.2 Å². The Morgan fingerprint density at radius 2 is 1.86 bits per heavy atom. The smallest absolute Gasteiger partial charge is 0.405 e. The number of carbonyl (C=O) groups is 1. The van der Waals surface area contributed by atoms with E-state index in [1.807, 2.05) is 26.0 Å². The lowest BCUT2D eigenvalue weighted by atomic mass is 9.86. The number of hydrogen-bond acceptors (Lipinski definition) is 4. The number of nitrogen functional groups attached to an aromatic ring is 1. The van der Waals surface area contributed by atoms with Gasteiger partial charge >= 0.3 is 6.09 Å². The Morgan fingerprint density at radius 1 is 1.29 bits per heavy atom. The van der Waals surface area contributed by atoms with E-state index in [0.29, 0.717) is 5.92 Å². The van der Waals surface area contributed by atoms with Crippen molar-refractivity contribution in [3.63, 3.8) is 0 Å². The van der Waals surface area contributed by atoms with E-state index in [2.05, 4.69) is 17.0 Å². The molecule has 0 aromatic heterocycles. The molecule has 0 aliphatic carbocycles. The van der Waals surface area contributed by atoms with Crippen LogP contribution >= 0.6 is 0 Å². The van der Waals surface area contributed by atoms with Gasteiger partial charge in [-0.1, -0.05) is 0 Å². The topological polar surface area (TPSA) is 81.6 Å². The molecule has 5 heteroatoms. The summed E-state index contributed by atoms with van der Waals surface area (Å²) < 4.78 is 5.18. The Labute approximate surface area is 126 Å². The van der Waals surface area contributed by atoms with E-state index in [-0.39, 0.29) is 0 Å². The van der Waals surface area contributed by atoms with Gasteiger partial charge in [-0.3, -0.25) is 0 Å². The van der Waals surface area contributed by atoms with E-state index in [9.17, 15) is 4.79 Å². The number of piperidine rings is 1. The molecule has 4 N–H and O–H groups in total. The molecule has 1 fully saturated rings. The summed E-state index contributed by atoms with van der Waals surface area (Å²) in [7, 11) is 0. The predicted octanol–water partition coefficient (Wildman–Crippen LogP) is 2.75. The monoisotopic (exact) mass is 291 g/mol. The highest BCUT2D eigenvalue weighted by atomic mass is 16.6. The summed E-state index contributed by atoms with van der Waals surface area (Å²) in [5.74, 6) is 0.560. The van der Waals surface area contributed by atoms with Crippen LogP contribution in [0.4, 0.5) is 16.2 Å². The Kier molecular flexibility index (Phi) is 4.60. The summed E-state index contributed by atoms with van der Waals surface area (Å²) in [6, 6.07) is 8.00. The number of hydrogen-bond donors (Lipinski definition) is 2. The molecule has 1 aromatic carbocycles. The van der Waals surface area contributed by atoms with E-state index < -0.39 is 11.7 Å². The van der Waals surface area contributed by atoms with Gasteiger partial charge in [0.1, 0.15) is 5.60 Å². The summed E-state index contributed by atoms with van der Waals surface area (Å²) >= 11 is 0. The first-order valence-corrected chi connectivity index (χ1v) is 7.45. The average Bonchev–Trinajstić information content (AvgIpc) is 2.38. The van der Waals surface area contributed by atoms with E-state index in [1.54, 1.807) is 0 Å². The summed E-state index contributed by atoms with van der Waals surface area (Å²) in [6.07, 6.45) is 2.34. The molecule has 0 saturated carbocycles. The van der Waals surface area contributed by atoms with Crippen molar-refractivity contribution in [2.75, 3.05) is 23.7 Å². The highest BCUT2D eigenvalue weighted by molar-refractivity contribution is 5.65. The molecule has 2 rings (SSSR count). The molecule has 1 aliphatic heterocycles. The first-order chi connectivity index (χ1) is 9.85.